The topological polar surface area (TPSA) is 35.9 Å². The predicted molar refractivity (Wildman–Crippen MR) is 86.6 cm³/mol. The Morgan fingerprint density at radius 1 is 1.14 bits per heavy atom. The van der Waals surface area contributed by atoms with Gasteiger partial charge in [0.15, 0.2) is 0 Å². The summed E-state index contributed by atoms with van der Waals surface area (Å²) in [6.07, 6.45) is 5.59. The van der Waals surface area contributed by atoms with Gasteiger partial charge in [-0.1, -0.05) is 12.8 Å². The summed E-state index contributed by atoms with van der Waals surface area (Å²) >= 11 is 0. The second kappa shape index (κ2) is 7.91. The van der Waals surface area contributed by atoms with E-state index in [1.165, 1.54) is 25.7 Å². The Morgan fingerprint density at radius 3 is 2.24 bits per heavy atom. The fourth-order valence-corrected chi connectivity index (χ4v) is 4.05. The molecule has 0 aromatic heterocycles. The molecule has 1 heterocycles. The van der Waals surface area contributed by atoms with Crippen LogP contribution >= 0.6 is 0 Å². The SMILES string of the molecule is CC1CN(CC(O)CN(C(C)C)C2CCCC2)CC(C)O1. The first-order valence-corrected chi connectivity index (χ1v) is 8.77. The minimum absolute atomic E-state index is 0.259. The molecule has 0 spiro atoms. The van der Waals surface area contributed by atoms with Gasteiger partial charge in [-0.2, -0.15) is 0 Å². The molecule has 0 amide bonds. The van der Waals surface area contributed by atoms with Crippen LogP contribution in [-0.2, 0) is 4.74 Å². The zero-order chi connectivity index (χ0) is 15.4. The molecule has 21 heavy (non-hydrogen) atoms. The molecule has 2 rings (SSSR count). The highest BCUT2D eigenvalue weighted by atomic mass is 16.5. The summed E-state index contributed by atoms with van der Waals surface area (Å²) in [7, 11) is 0. The summed E-state index contributed by atoms with van der Waals surface area (Å²) in [5.74, 6) is 0. The molecule has 1 saturated carbocycles. The summed E-state index contributed by atoms with van der Waals surface area (Å²) in [6, 6.07) is 1.20. The predicted octanol–water partition coefficient (Wildman–Crippen LogP) is 2.11. The fraction of sp³-hybridized carbons (Fsp3) is 1.00. The van der Waals surface area contributed by atoms with Crippen LogP contribution in [0.3, 0.4) is 0 Å². The third-order valence-electron chi connectivity index (χ3n) is 4.84. The summed E-state index contributed by atoms with van der Waals surface area (Å²) < 4.78 is 5.76. The Hall–Kier alpha value is -0.160. The minimum atomic E-state index is -0.259. The maximum Gasteiger partial charge on any atom is 0.0794 e. The lowest BCUT2D eigenvalue weighted by atomic mass is 10.1. The first-order chi connectivity index (χ1) is 9.95. The Balaban J connectivity index is 1.82. The second-order valence-corrected chi connectivity index (χ2v) is 7.36. The van der Waals surface area contributed by atoms with Gasteiger partial charge in [-0.25, -0.2) is 0 Å². The lowest BCUT2D eigenvalue weighted by Gasteiger charge is -2.38. The Bertz CT molecular complexity index is 295. The van der Waals surface area contributed by atoms with Gasteiger partial charge in [0.05, 0.1) is 18.3 Å². The lowest BCUT2D eigenvalue weighted by molar-refractivity contribution is -0.0792. The van der Waals surface area contributed by atoms with Crippen molar-refractivity contribution in [2.24, 2.45) is 0 Å². The molecular formula is C17H34N2O2. The number of ether oxygens (including phenoxy) is 1. The molecule has 124 valence electrons. The number of nitrogens with zero attached hydrogens (tertiary/aromatic N) is 2. The van der Waals surface area contributed by atoms with Crippen LogP contribution < -0.4 is 0 Å². The van der Waals surface area contributed by atoms with E-state index in [4.69, 9.17) is 4.74 Å². The van der Waals surface area contributed by atoms with Crippen LogP contribution in [0.1, 0.15) is 53.4 Å². The van der Waals surface area contributed by atoms with Crippen molar-refractivity contribution in [3.05, 3.63) is 0 Å². The number of β-amino-alcohol motifs (C(OH)–C–C–N with tert-alkyl or cyclic N) is 1. The lowest BCUT2D eigenvalue weighted by Crippen LogP contribution is -2.51. The first-order valence-electron chi connectivity index (χ1n) is 8.77. The summed E-state index contributed by atoms with van der Waals surface area (Å²) in [5, 5.41) is 10.5. The van der Waals surface area contributed by atoms with Crippen molar-refractivity contribution in [2.75, 3.05) is 26.2 Å². The monoisotopic (exact) mass is 298 g/mol. The summed E-state index contributed by atoms with van der Waals surface area (Å²) in [5.41, 5.74) is 0. The number of aliphatic hydroxyl groups is 1. The van der Waals surface area contributed by atoms with Crippen LogP contribution in [0.4, 0.5) is 0 Å². The average Bonchev–Trinajstić information content (AvgIpc) is 2.87. The zero-order valence-corrected chi connectivity index (χ0v) is 14.3. The Kier molecular flexibility index (Phi) is 6.48. The van der Waals surface area contributed by atoms with Gasteiger partial charge in [0, 0.05) is 38.3 Å². The van der Waals surface area contributed by atoms with Gasteiger partial charge >= 0.3 is 0 Å². The Morgan fingerprint density at radius 2 is 1.71 bits per heavy atom. The van der Waals surface area contributed by atoms with Crippen molar-refractivity contribution in [1.29, 1.82) is 0 Å². The highest BCUT2D eigenvalue weighted by molar-refractivity contribution is 4.83. The third-order valence-corrected chi connectivity index (χ3v) is 4.84. The molecule has 4 heteroatoms. The van der Waals surface area contributed by atoms with Gasteiger partial charge in [0.1, 0.15) is 0 Å². The van der Waals surface area contributed by atoms with E-state index in [-0.39, 0.29) is 18.3 Å². The van der Waals surface area contributed by atoms with Gasteiger partial charge < -0.3 is 9.84 Å². The van der Waals surface area contributed by atoms with E-state index >= 15 is 0 Å². The maximum absolute atomic E-state index is 10.5. The van der Waals surface area contributed by atoms with Gasteiger partial charge in [-0.15, -0.1) is 0 Å². The number of aliphatic hydroxyl groups excluding tert-OH is 1. The quantitative estimate of drug-likeness (QED) is 0.815. The highest BCUT2D eigenvalue weighted by Gasteiger charge is 2.28. The van der Waals surface area contributed by atoms with Crippen molar-refractivity contribution in [2.45, 2.75) is 83.8 Å². The first kappa shape index (κ1) is 17.2. The molecule has 4 nitrogen and oxygen atoms in total. The minimum Gasteiger partial charge on any atom is -0.390 e. The smallest absolute Gasteiger partial charge is 0.0794 e. The number of morpholine rings is 1. The van der Waals surface area contributed by atoms with Crippen molar-refractivity contribution >= 4 is 0 Å². The number of hydrogen-bond donors (Lipinski definition) is 1. The fourth-order valence-electron chi connectivity index (χ4n) is 4.05. The van der Waals surface area contributed by atoms with Gasteiger partial charge in [0.2, 0.25) is 0 Å². The van der Waals surface area contributed by atoms with Crippen molar-refractivity contribution in [3.8, 4) is 0 Å². The van der Waals surface area contributed by atoms with Crippen LogP contribution in [0.15, 0.2) is 0 Å². The van der Waals surface area contributed by atoms with Crippen molar-refractivity contribution < 1.29 is 9.84 Å². The molecule has 1 aliphatic carbocycles. The van der Waals surface area contributed by atoms with Crippen LogP contribution in [0, 0.1) is 0 Å². The second-order valence-electron chi connectivity index (χ2n) is 7.36. The van der Waals surface area contributed by atoms with E-state index < -0.39 is 0 Å². The molecule has 2 fully saturated rings. The molecule has 3 unspecified atom stereocenters. The van der Waals surface area contributed by atoms with E-state index in [0.29, 0.717) is 12.1 Å². The van der Waals surface area contributed by atoms with Gasteiger partial charge in [-0.05, 0) is 40.5 Å². The standard InChI is InChI=1S/C17H34N2O2/c1-13(2)19(16-7-5-6-8-16)12-17(20)11-18-9-14(3)21-15(4)10-18/h13-17,20H,5-12H2,1-4H3. The Labute approximate surface area is 130 Å². The zero-order valence-electron chi connectivity index (χ0n) is 14.3. The molecule has 1 aliphatic heterocycles. The number of rotatable bonds is 6. The average molecular weight is 298 g/mol. The van der Waals surface area contributed by atoms with Crippen LogP contribution in [-0.4, -0.2) is 71.5 Å². The molecule has 1 N–H and O–H groups in total. The maximum atomic E-state index is 10.5. The molecule has 0 bridgehead atoms. The van der Waals surface area contributed by atoms with E-state index in [1.807, 2.05) is 0 Å². The molecule has 2 aliphatic rings. The summed E-state index contributed by atoms with van der Waals surface area (Å²) in [4.78, 5) is 4.88. The van der Waals surface area contributed by atoms with Gasteiger partial charge in [-0.3, -0.25) is 9.80 Å². The van der Waals surface area contributed by atoms with E-state index in [9.17, 15) is 5.11 Å². The molecule has 3 atom stereocenters. The van der Waals surface area contributed by atoms with E-state index in [2.05, 4.69) is 37.5 Å². The van der Waals surface area contributed by atoms with Crippen LogP contribution in [0.25, 0.3) is 0 Å². The van der Waals surface area contributed by atoms with Gasteiger partial charge in [0.25, 0.3) is 0 Å². The normalized spacial score (nSPS) is 30.4. The molecule has 0 aromatic rings. The highest BCUT2D eigenvalue weighted by Crippen LogP contribution is 2.25. The molecule has 0 radical (unpaired) electrons. The summed E-state index contributed by atoms with van der Waals surface area (Å²) in [6.45, 7) is 12.2. The van der Waals surface area contributed by atoms with E-state index in [1.54, 1.807) is 0 Å². The van der Waals surface area contributed by atoms with E-state index in [0.717, 1.165) is 26.2 Å². The molecule has 0 aromatic carbocycles. The molecule has 1 saturated heterocycles. The largest absolute Gasteiger partial charge is 0.390 e. The third kappa shape index (κ3) is 5.20. The van der Waals surface area contributed by atoms with Crippen LogP contribution in [0.5, 0.6) is 0 Å². The van der Waals surface area contributed by atoms with Crippen molar-refractivity contribution in [3.63, 3.8) is 0 Å². The molecular weight excluding hydrogens is 264 g/mol. The van der Waals surface area contributed by atoms with Crippen molar-refractivity contribution in [1.82, 2.24) is 9.80 Å². The number of hydrogen-bond acceptors (Lipinski definition) is 4. The van der Waals surface area contributed by atoms with Crippen LogP contribution in [0.2, 0.25) is 0 Å².